The van der Waals surface area contributed by atoms with E-state index in [1.54, 1.807) is 23.9 Å². The van der Waals surface area contributed by atoms with Crippen molar-refractivity contribution in [3.8, 4) is 0 Å². The third kappa shape index (κ3) is 1.99. The van der Waals surface area contributed by atoms with Gasteiger partial charge < -0.3 is 10.6 Å². The molecule has 0 radical (unpaired) electrons. The van der Waals surface area contributed by atoms with Crippen LogP contribution in [0.4, 0.5) is 5.69 Å². The van der Waals surface area contributed by atoms with Crippen LogP contribution in [0.3, 0.4) is 0 Å². The van der Waals surface area contributed by atoms with Crippen molar-refractivity contribution in [3.63, 3.8) is 0 Å². The molecule has 0 aromatic heterocycles. The zero-order valence-electron chi connectivity index (χ0n) is 8.38. The van der Waals surface area contributed by atoms with Gasteiger partial charge in [-0.3, -0.25) is 4.79 Å². The smallest absolute Gasteiger partial charge is 0.248 e. The van der Waals surface area contributed by atoms with E-state index >= 15 is 0 Å². The molecule has 0 aliphatic carbocycles. The maximum atomic E-state index is 10.9. The Kier molecular flexibility index (Phi) is 2.68. The van der Waals surface area contributed by atoms with Gasteiger partial charge in [-0.2, -0.15) is 0 Å². The number of nitrogens with zero attached hydrogens (tertiary/aromatic N) is 1. The van der Waals surface area contributed by atoms with Crippen molar-refractivity contribution < 1.29 is 4.79 Å². The van der Waals surface area contributed by atoms with E-state index in [1.165, 1.54) is 0 Å². The number of benzene rings is 1. The lowest BCUT2D eigenvalue weighted by molar-refractivity contribution is 0.100. The van der Waals surface area contributed by atoms with E-state index in [4.69, 9.17) is 5.73 Å². The lowest BCUT2D eigenvalue weighted by Gasteiger charge is -2.21. The summed E-state index contributed by atoms with van der Waals surface area (Å²) in [6, 6.07) is 7.32. The molecule has 1 atom stereocenters. The molecule has 2 N–H and O–H groups in total. The highest BCUT2D eigenvalue weighted by atomic mass is 32.2. The molecule has 1 heterocycles. The fourth-order valence-electron chi connectivity index (χ4n) is 1.49. The minimum absolute atomic E-state index is 0.388. The number of nitrogens with two attached hydrogens (primary N) is 1. The van der Waals surface area contributed by atoms with Crippen LogP contribution in [-0.2, 0) is 0 Å². The molecule has 1 aliphatic rings. The highest BCUT2D eigenvalue weighted by Crippen LogP contribution is 2.30. The summed E-state index contributed by atoms with van der Waals surface area (Å²) in [5, 5.41) is 2.47. The summed E-state index contributed by atoms with van der Waals surface area (Å²) < 4.78 is 0. The second-order valence-electron chi connectivity index (χ2n) is 3.34. The van der Waals surface area contributed by atoms with Gasteiger partial charge in [-0.1, -0.05) is 0 Å². The number of rotatable bonds is 2. The van der Waals surface area contributed by atoms with Crippen molar-refractivity contribution in [1.82, 2.24) is 0 Å². The van der Waals surface area contributed by atoms with Gasteiger partial charge in [0.1, 0.15) is 0 Å². The molecule has 15 heavy (non-hydrogen) atoms. The number of primary amides is 1. The maximum Gasteiger partial charge on any atom is 0.248 e. The first-order chi connectivity index (χ1) is 7.18. The molecule has 1 aromatic rings. The maximum absolute atomic E-state index is 10.9. The van der Waals surface area contributed by atoms with E-state index in [0.29, 0.717) is 10.9 Å². The van der Waals surface area contributed by atoms with Crippen LogP contribution in [0.2, 0.25) is 0 Å². The predicted molar refractivity (Wildman–Crippen MR) is 63.6 cm³/mol. The van der Waals surface area contributed by atoms with Gasteiger partial charge in [-0.15, -0.1) is 11.8 Å². The average Bonchev–Trinajstić information content (AvgIpc) is 2.65. The zero-order chi connectivity index (χ0) is 10.8. The van der Waals surface area contributed by atoms with Crippen LogP contribution in [-0.4, -0.2) is 11.3 Å². The van der Waals surface area contributed by atoms with Crippen LogP contribution < -0.4 is 10.6 Å². The summed E-state index contributed by atoms with van der Waals surface area (Å²) in [5.74, 6) is -0.388. The normalized spacial score (nSPS) is 19.5. The lowest BCUT2D eigenvalue weighted by atomic mass is 10.2. The third-order valence-corrected chi connectivity index (χ3v) is 3.24. The van der Waals surface area contributed by atoms with Gasteiger partial charge in [-0.05, 0) is 36.6 Å². The van der Waals surface area contributed by atoms with Crippen molar-refractivity contribution in [3.05, 3.63) is 41.4 Å². The number of amides is 1. The van der Waals surface area contributed by atoms with E-state index in [1.807, 2.05) is 18.3 Å². The molecule has 78 valence electrons. The lowest BCUT2D eigenvalue weighted by Crippen LogP contribution is -2.20. The van der Waals surface area contributed by atoms with E-state index in [2.05, 4.69) is 17.2 Å². The molecule has 4 heteroatoms. The quantitative estimate of drug-likeness (QED) is 0.830. The molecule has 1 aromatic carbocycles. The Labute approximate surface area is 92.9 Å². The molecular weight excluding hydrogens is 208 g/mol. The SMILES string of the molecule is CC1SC=CN1c1ccc(C(N)=O)cc1. The Morgan fingerprint density at radius 1 is 1.40 bits per heavy atom. The van der Waals surface area contributed by atoms with E-state index in [-0.39, 0.29) is 5.91 Å². The van der Waals surface area contributed by atoms with Crippen molar-refractivity contribution >= 4 is 23.4 Å². The number of carbonyl (C=O) groups is 1. The monoisotopic (exact) mass is 220 g/mol. The summed E-state index contributed by atoms with van der Waals surface area (Å²) in [5.41, 5.74) is 6.80. The van der Waals surface area contributed by atoms with Crippen LogP contribution in [0.15, 0.2) is 35.9 Å². The molecular formula is C11H12N2OS. The Morgan fingerprint density at radius 2 is 2.07 bits per heavy atom. The van der Waals surface area contributed by atoms with Crippen molar-refractivity contribution in [2.45, 2.75) is 12.3 Å². The molecule has 0 spiro atoms. The van der Waals surface area contributed by atoms with Gasteiger partial charge in [-0.25, -0.2) is 0 Å². The minimum atomic E-state index is -0.388. The third-order valence-electron chi connectivity index (χ3n) is 2.34. The molecule has 1 unspecified atom stereocenters. The van der Waals surface area contributed by atoms with Gasteiger partial charge in [0.2, 0.25) is 5.91 Å². The summed E-state index contributed by atoms with van der Waals surface area (Å²) in [6.07, 6.45) is 2.04. The summed E-state index contributed by atoms with van der Waals surface area (Å²) in [4.78, 5) is 13.0. The molecule has 0 bridgehead atoms. The number of thioether (sulfide) groups is 1. The predicted octanol–water partition coefficient (Wildman–Crippen LogP) is 2.16. The van der Waals surface area contributed by atoms with Crippen molar-refractivity contribution in [1.29, 1.82) is 0 Å². The van der Waals surface area contributed by atoms with Gasteiger partial charge >= 0.3 is 0 Å². The molecule has 2 rings (SSSR count). The second-order valence-corrected chi connectivity index (χ2v) is 4.57. The van der Waals surface area contributed by atoms with Crippen LogP contribution >= 0.6 is 11.8 Å². The number of hydrogen-bond donors (Lipinski definition) is 1. The summed E-state index contributed by atoms with van der Waals surface area (Å²) >= 11 is 1.76. The number of carbonyl (C=O) groups excluding carboxylic acids is 1. The largest absolute Gasteiger partial charge is 0.366 e. The van der Waals surface area contributed by atoms with E-state index in [0.717, 1.165) is 5.69 Å². The average molecular weight is 220 g/mol. The summed E-state index contributed by atoms with van der Waals surface area (Å²) in [6.45, 7) is 2.13. The zero-order valence-corrected chi connectivity index (χ0v) is 9.20. The van der Waals surface area contributed by atoms with Gasteiger partial charge in [0.25, 0.3) is 0 Å². The van der Waals surface area contributed by atoms with Crippen molar-refractivity contribution in [2.24, 2.45) is 5.73 Å². The van der Waals surface area contributed by atoms with Gasteiger partial charge in [0.05, 0.1) is 5.37 Å². The van der Waals surface area contributed by atoms with Gasteiger partial charge in [0, 0.05) is 17.5 Å². The van der Waals surface area contributed by atoms with Crippen LogP contribution in [0.1, 0.15) is 17.3 Å². The first-order valence-corrected chi connectivity index (χ1v) is 5.63. The van der Waals surface area contributed by atoms with Gasteiger partial charge in [0.15, 0.2) is 0 Å². The van der Waals surface area contributed by atoms with Crippen LogP contribution in [0.5, 0.6) is 0 Å². The molecule has 3 nitrogen and oxygen atoms in total. The van der Waals surface area contributed by atoms with Crippen LogP contribution in [0.25, 0.3) is 0 Å². The van der Waals surface area contributed by atoms with E-state index in [9.17, 15) is 4.79 Å². The first-order valence-electron chi connectivity index (χ1n) is 4.69. The molecule has 0 saturated heterocycles. The second kappa shape index (κ2) is 3.98. The van der Waals surface area contributed by atoms with E-state index < -0.39 is 0 Å². The summed E-state index contributed by atoms with van der Waals surface area (Å²) in [7, 11) is 0. The Balaban J connectivity index is 2.23. The molecule has 1 aliphatic heterocycles. The first kappa shape index (κ1) is 10.1. The fraction of sp³-hybridized carbons (Fsp3) is 0.182. The minimum Gasteiger partial charge on any atom is -0.366 e. The fourth-order valence-corrected chi connectivity index (χ4v) is 2.25. The van der Waals surface area contributed by atoms with Crippen LogP contribution in [0, 0.1) is 0 Å². The highest BCUT2D eigenvalue weighted by Gasteiger charge is 2.16. The molecule has 0 fully saturated rings. The number of anilines is 1. The topological polar surface area (TPSA) is 46.3 Å². The Morgan fingerprint density at radius 3 is 2.53 bits per heavy atom. The number of hydrogen-bond acceptors (Lipinski definition) is 3. The van der Waals surface area contributed by atoms with Crippen molar-refractivity contribution in [2.75, 3.05) is 4.90 Å². The molecule has 0 saturated carbocycles. The molecule has 1 amide bonds. The highest BCUT2D eigenvalue weighted by molar-refractivity contribution is 8.03. The standard InChI is InChI=1S/C11H12N2OS/c1-8-13(6-7-15-8)10-4-2-9(3-5-10)11(12)14/h2-8H,1H3,(H2,12,14). The Hall–Kier alpha value is -1.42. The Bertz CT molecular complexity index is 400.